The molecule has 0 spiro atoms. The molecular formula is C13H17BrN2O. The number of hydrogen-bond acceptors (Lipinski definition) is 2. The van der Waals surface area contributed by atoms with Crippen LogP contribution in [-0.2, 0) is 11.2 Å². The molecule has 1 aromatic rings. The Labute approximate surface area is 110 Å². The largest absolute Gasteiger partial charge is 0.341 e. The summed E-state index contributed by atoms with van der Waals surface area (Å²) in [7, 11) is 0. The van der Waals surface area contributed by atoms with Gasteiger partial charge < -0.3 is 10.6 Å². The van der Waals surface area contributed by atoms with E-state index >= 15 is 0 Å². The van der Waals surface area contributed by atoms with Crippen molar-refractivity contribution in [2.45, 2.75) is 25.3 Å². The third-order valence-corrected chi connectivity index (χ3v) is 3.55. The highest BCUT2D eigenvalue weighted by Gasteiger charge is 2.21. The van der Waals surface area contributed by atoms with Crippen molar-refractivity contribution in [1.29, 1.82) is 0 Å². The first kappa shape index (κ1) is 12.6. The van der Waals surface area contributed by atoms with E-state index in [1.165, 1.54) is 0 Å². The predicted octanol–water partition coefficient (Wildman–Crippen LogP) is 1.94. The van der Waals surface area contributed by atoms with Gasteiger partial charge in [0.25, 0.3) is 0 Å². The monoisotopic (exact) mass is 296 g/mol. The fourth-order valence-corrected chi connectivity index (χ4v) is 2.62. The summed E-state index contributed by atoms with van der Waals surface area (Å²) in [5, 5.41) is 0. The van der Waals surface area contributed by atoms with Gasteiger partial charge in [0.2, 0.25) is 5.91 Å². The molecule has 17 heavy (non-hydrogen) atoms. The molecule has 1 aliphatic heterocycles. The van der Waals surface area contributed by atoms with Crippen LogP contribution in [0.3, 0.4) is 0 Å². The topological polar surface area (TPSA) is 46.3 Å². The van der Waals surface area contributed by atoms with E-state index in [2.05, 4.69) is 15.9 Å². The van der Waals surface area contributed by atoms with Crippen LogP contribution in [0.2, 0.25) is 0 Å². The molecule has 0 aromatic heterocycles. The number of benzene rings is 1. The van der Waals surface area contributed by atoms with E-state index in [0.717, 1.165) is 29.4 Å². The van der Waals surface area contributed by atoms with E-state index in [0.29, 0.717) is 13.0 Å². The maximum absolute atomic E-state index is 12.1. The van der Waals surface area contributed by atoms with Crippen LogP contribution in [0.4, 0.5) is 0 Å². The molecule has 1 unspecified atom stereocenters. The van der Waals surface area contributed by atoms with Crippen LogP contribution in [0.25, 0.3) is 0 Å². The van der Waals surface area contributed by atoms with Crippen molar-refractivity contribution in [2.75, 3.05) is 13.1 Å². The molecular weight excluding hydrogens is 280 g/mol. The maximum atomic E-state index is 12.1. The van der Waals surface area contributed by atoms with Crippen LogP contribution in [-0.4, -0.2) is 29.9 Å². The lowest BCUT2D eigenvalue weighted by molar-refractivity contribution is -0.131. The van der Waals surface area contributed by atoms with Crippen LogP contribution in [0.15, 0.2) is 28.7 Å². The maximum Gasteiger partial charge on any atom is 0.227 e. The highest BCUT2D eigenvalue weighted by Crippen LogP contribution is 2.14. The predicted molar refractivity (Wildman–Crippen MR) is 71.6 cm³/mol. The van der Waals surface area contributed by atoms with E-state index in [9.17, 15) is 4.79 Å². The summed E-state index contributed by atoms with van der Waals surface area (Å²) in [5.74, 6) is 0.179. The van der Waals surface area contributed by atoms with Gasteiger partial charge in [0.1, 0.15) is 0 Å². The SMILES string of the molecule is NC1CCCN(C(=O)Cc2cccc(Br)c2)C1. The fourth-order valence-electron chi connectivity index (χ4n) is 2.17. The molecule has 2 N–H and O–H groups in total. The lowest BCUT2D eigenvalue weighted by Crippen LogP contribution is -2.46. The number of likely N-dealkylation sites (tertiary alicyclic amines) is 1. The first-order valence-electron chi connectivity index (χ1n) is 5.93. The van der Waals surface area contributed by atoms with Gasteiger partial charge >= 0.3 is 0 Å². The molecule has 1 atom stereocenters. The molecule has 0 aliphatic carbocycles. The molecule has 1 aromatic carbocycles. The Hall–Kier alpha value is -0.870. The van der Waals surface area contributed by atoms with Gasteiger partial charge in [-0.2, -0.15) is 0 Å². The van der Waals surface area contributed by atoms with Gasteiger partial charge in [0.05, 0.1) is 6.42 Å². The highest BCUT2D eigenvalue weighted by atomic mass is 79.9. The smallest absolute Gasteiger partial charge is 0.227 e. The quantitative estimate of drug-likeness (QED) is 0.907. The molecule has 0 saturated carbocycles. The zero-order chi connectivity index (χ0) is 12.3. The lowest BCUT2D eigenvalue weighted by atomic mass is 10.1. The highest BCUT2D eigenvalue weighted by molar-refractivity contribution is 9.10. The van der Waals surface area contributed by atoms with Gasteiger partial charge in [0.15, 0.2) is 0 Å². The van der Waals surface area contributed by atoms with E-state index in [-0.39, 0.29) is 11.9 Å². The number of rotatable bonds is 2. The van der Waals surface area contributed by atoms with Crippen molar-refractivity contribution < 1.29 is 4.79 Å². The third-order valence-electron chi connectivity index (χ3n) is 3.05. The molecule has 1 saturated heterocycles. The van der Waals surface area contributed by atoms with Gasteiger partial charge in [0, 0.05) is 23.6 Å². The first-order valence-corrected chi connectivity index (χ1v) is 6.72. The van der Waals surface area contributed by atoms with Crippen LogP contribution >= 0.6 is 15.9 Å². The standard InChI is InChI=1S/C13H17BrN2O/c14-11-4-1-3-10(7-11)8-13(17)16-6-2-5-12(15)9-16/h1,3-4,7,12H,2,5-6,8-9,15H2. The Morgan fingerprint density at radius 2 is 2.35 bits per heavy atom. The number of halogens is 1. The average molecular weight is 297 g/mol. The minimum absolute atomic E-state index is 0.148. The van der Waals surface area contributed by atoms with E-state index in [1.54, 1.807) is 0 Å². The lowest BCUT2D eigenvalue weighted by Gasteiger charge is -2.30. The summed E-state index contributed by atoms with van der Waals surface area (Å²) in [6.45, 7) is 1.55. The summed E-state index contributed by atoms with van der Waals surface area (Å²) >= 11 is 3.41. The minimum Gasteiger partial charge on any atom is -0.341 e. The van der Waals surface area contributed by atoms with Gasteiger partial charge in [-0.25, -0.2) is 0 Å². The van der Waals surface area contributed by atoms with Crippen molar-refractivity contribution in [3.8, 4) is 0 Å². The second kappa shape index (κ2) is 5.65. The summed E-state index contributed by atoms with van der Waals surface area (Å²) in [5.41, 5.74) is 6.92. The van der Waals surface area contributed by atoms with Crippen LogP contribution in [0, 0.1) is 0 Å². The summed E-state index contributed by atoms with van der Waals surface area (Å²) in [4.78, 5) is 14.0. The number of amides is 1. The number of carbonyl (C=O) groups is 1. The molecule has 92 valence electrons. The molecule has 1 amide bonds. The van der Waals surface area contributed by atoms with E-state index in [1.807, 2.05) is 29.2 Å². The van der Waals surface area contributed by atoms with Crippen molar-refractivity contribution >= 4 is 21.8 Å². The molecule has 1 heterocycles. The molecule has 0 radical (unpaired) electrons. The number of piperidine rings is 1. The normalized spacial score (nSPS) is 20.4. The molecule has 0 bridgehead atoms. The van der Waals surface area contributed by atoms with Crippen molar-refractivity contribution in [3.05, 3.63) is 34.3 Å². The van der Waals surface area contributed by atoms with Gasteiger partial charge in [-0.15, -0.1) is 0 Å². The summed E-state index contributed by atoms with van der Waals surface area (Å²) in [6.07, 6.45) is 2.51. The second-order valence-electron chi connectivity index (χ2n) is 4.55. The van der Waals surface area contributed by atoms with Crippen LogP contribution < -0.4 is 5.73 Å². The Morgan fingerprint density at radius 3 is 3.06 bits per heavy atom. The molecule has 4 heteroatoms. The molecule has 3 nitrogen and oxygen atoms in total. The first-order chi connectivity index (χ1) is 8.15. The minimum atomic E-state index is 0.148. The molecule has 1 fully saturated rings. The Balaban J connectivity index is 1.96. The Bertz CT molecular complexity index is 408. The zero-order valence-corrected chi connectivity index (χ0v) is 11.3. The van der Waals surface area contributed by atoms with Crippen molar-refractivity contribution in [3.63, 3.8) is 0 Å². The average Bonchev–Trinajstić information content (AvgIpc) is 2.29. The molecule has 1 aliphatic rings. The number of nitrogens with two attached hydrogens (primary N) is 1. The van der Waals surface area contributed by atoms with E-state index < -0.39 is 0 Å². The van der Waals surface area contributed by atoms with Crippen LogP contribution in [0.1, 0.15) is 18.4 Å². The number of carbonyl (C=O) groups excluding carboxylic acids is 1. The van der Waals surface area contributed by atoms with Crippen LogP contribution in [0.5, 0.6) is 0 Å². The van der Waals surface area contributed by atoms with Crippen molar-refractivity contribution in [1.82, 2.24) is 4.90 Å². The number of hydrogen-bond donors (Lipinski definition) is 1. The van der Waals surface area contributed by atoms with E-state index in [4.69, 9.17) is 5.73 Å². The molecule has 2 rings (SSSR count). The summed E-state index contributed by atoms with van der Waals surface area (Å²) in [6, 6.07) is 8.03. The third kappa shape index (κ3) is 3.54. The van der Waals surface area contributed by atoms with Crippen molar-refractivity contribution in [2.24, 2.45) is 5.73 Å². The fraction of sp³-hybridized carbons (Fsp3) is 0.462. The Kier molecular flexibility index (Phi) is 4.18. The van der Waals surface area contributed by atoms with Gasteiger partial charge in [-0.3, -0.25) is 4.79 Å². The summed E-state index contributed by atoms with van der Waals surface area (Å²) < 4.78 is 1.01. The second-order valence-corrected chi connectivity index (χ2v) is 5.46. The Morgan fingerprint density at radius 1 is 1.53 bits per heavy atom. The van der Waals surface area contributed by atoms with Gasteiger partial charge in [-0.05, 0) is 30.5 Å². The van der Waals surface area contributed by atoms with Gasteiger partial charge in [-0.1, -0.05) is 28.1 Å². The number of nitrogens with zero attached hydrogens (tertiary/aromatic N) is 1. The zero-order valence-electron chi connectivity index (χ0n) is 9.73.